The largest absolute Gasteiger partial charge is 0.508 e. The lowest BCUT2D eigenvalue weighted by atomic mass is 10.1. The van der Waals surface area contributed by atoms with Crippen molar-refractivity contribution in [3.05, 3.63) is 53.9 Å². The molecule has 1 aromatic heterocycles. The molecule has 2 aromatic rings. The van der Waals surface area contributed by atoms with Gasteiger partial charge in [-0.3, -0.25) is 4.98 Å². The second-order valence-corrected chi connectivity index (χ2v) is 4.61. The first-order valence-electron chi connectivity index (χ1n) is 6.27. The highest BCUT2D eigenvalue weighted by Crippen LogP contribution is 2.29. The number of benzene rings is 1. The number of nitrogens with one attached hydrogen (secondary N) is 1. The van der Waals surface area contributed by atoms with Crippen molar-refractivity contribution >= 4 is 0 Å². The van der Waals surface area contributed by atoms with Crippen LogP contribution in [-0.4, -0.2) is 15.2 Å². The quantitative estimate of drug-likeness (QED) is 0.738. The van der Waals surface area contributed by atoms with Crippen LogP contribution in [0, 0.1) is 0 Å². The number of hydrogen-bond donors (Lipinski definition) is 3. The van der Waals surface area contributed by atoms with E-state index in [4.69, 9.17) is 0 Å². The third kappa shape index (κ3) is 3.23. The van der Waals surface area contributed by atoms with Gasteiger partial charge in [0.1, 0.15) is 11.5 Å². The molecule has 4 heteroatoms. The molecule has 4 nitrogen and oxygen atoms in total. The van der Waals surface area contributed by atoms with E-state index in [1.807, 2.05) is 32.0 Å². The molecule has 0 amide bonds. The van der Waals surface area contributed by atoms with E-state index < -0.39 is 0 Å². The highest BCUT2D eigenvalue weighted by Gasteiger charge is 2.15. The summed E-state index contributed by atoms with van der Waals surface area (Å²) in [4.78, 5) is 4.29. The van der Waals surface area contributed by atoms with Gasteiger partial charge in [0.05, 0.1) is 5.69 Å². The lowest BCUT2D eigenvalue weighted by Crippen LogP contribution is -2.23. The lowest BCUT2D eigenvalue weighted by Gasteiger charge is -2.20. The maximum Gasteiger partial charge on any atom is 0.120 e. The summed E-state index contributed by atoms with van der Waals surface area (Å²) in [5.41, 5.74) is 1.61. The summed E-state index contributed by atoms with van der Waals surface area (Å²) in [5.74, 6) is 0.318. The van der Waals surface area contributed by atoms with Crippen molar-refractivity contribution in [2.45, 2.75) is 25.9 Å². The summed E-state index contributed by atoms with van der Waals surface area (Å²) in [6.07, 6.45) is 1.75. The summed E-state index contributed by atoms with van der Waals surface area (Å²) in [7, 11) is 0. The first-order chi connectivity index (χ1) is 9.08. The standard InChI is InChI=1S/C15H18N2O2/c1-10(13-9-12(18)6-7-15(13)19)17-11(2)14-5-3-4-8-16-14/h3-11,17-19H,1-2H3/t10?,11-/m0/s1. The van der Waals surface area contributed by atoms with Gasteiger partial charge in [-0.05, 0) is 44.2 Å². The second-order valence-electron chi connectivity index (χ2n) is 4.61. The van der Waals surface area contributed by atoms with Crippen LogP contribution in [0.15, 0.2) is 42.6 Å². The molecule has 100 valence electrons. The summed E-state index contributed by atoms with van der Waals surface area (Å²) in [6, 6.07) is 10.3. The zero-order chi connectivity index (χ0) is 13.8. The van der Waals surface area contributed by atoms with E-state index in [0.717, 1.165) is 5.69 Å². The van der Waals surface area contributed by atoms with Gasteiger partial charge in [0.2, 0.25) is 0 Å². The van der Waals surface area contributed by atoms with Crippen LogP contribution in [0.25, 0.3) is 0 Å². The van der Waals surface area contributed by atoms with Gasteiger partial charge >= 0.3 is 0 Å². The number of nitrogens with zero attached hydrogens (tertiary/aromatic N) is 1. The molecule has 0 radical (unpaired) electrons. The molecule has 0 saturated carbocycles. The summed E-state index contributed by atoms with van der Waals surface area (Å²) in [5, 5.41) is 22.7. The zero-order valence-electron chi connectivity index (χ0n) is 11.0. The fraction of sp³-hybridized carbons (Fsp3) is 0.267. The van der Waals surface area contributed by atoms with E-state index >= 15 is 0 Å². The van der Waals surface area contributed by atoms with Gasteiger partial charge in [-0.2, -0.15) is 0 Å². The van der Waals surface area contributed by atoms with E-state index in [1.54, 1.807) is 12.3 Å². The number of pyridine rings is 1. The second kappa shape index (κ2) is 5.71. The van der Waals surface area contributed by atoms with Crippen LogP contribution in [0.4, 0.5) is 0 Å². The van der Waals surface area contributed by atoms with Crippen molar-refractivity contribution < 1.29 is 10.2 Å². The Morgan fingerprint density at radius 3 is 2.53 bits per heavy atom. The first kappa shape index (κ1) is 13.4. The van der Waals surface area contributed by atoms with Crippen molar-refractivity contribution in [1.29, 1.82) is 0 Å². The van der Waals surface area contributed by atoms with Crippen LogP contribution in [0.1, 0.15) is 37.2 Å². The zero-order valence-corrected chi connectivity index (χ0v) is 11.0. The average Bonchev–Trinajstić information content (AvgIpc) is 2.42. The van der Waals surface area contributed by atoms with Crippen molar-refractivity contribution in [2.24, 2.45) is 0 Å². The molecule has 0 aliphatic heterocycles. The van der Waals surface area contributed by atoms with Crippen molar-refractivity contribution in [3.8, 4) is 11.5 Å². The Morgan fingerprint density at radius 2 is 1.84 bits per heavy atom. The summed E-state index contributed by atoms with van der Waals surface area (Å²) in [6.45, 7) is 3.95. The minimum absolute atomic E-state index is 0.0537. The van der Waals surface area contributed by atoms with Crippen molar-refractivity contribution in [1.82, 2.24) is 10.3 Å². The van der Waals surface area contributed by atoms with Crippen LogP contribution in [0.2, 0.25) is 0 Å². The molecular weight excluding hydrogens is 240 g/mol. The Balaban J connectivity index is 2.13. The molecule has 1 unspecified atom stereocenters. The topological polar surface area (TPSA) is 65.4 Å². The fourth-order valence-electron chi connectivity index (χ4n) is 2.07. The van der Waals surface area contributed by atoms with Gasteiger partial charge in [0.15, 0.2) is 0 Å². The van der Waals surface area contributed by atoms with Crippen molar-refractivity contribution in [3.63, 3.8) is 0 Å². The van der Waals surface area contributed by atoms with Gasteiger partial charge in [-0.25, -0.2) is 0 Å². The number of aromatic hydroxyl groups is 2. The number of phenolic OH excluding ortho intramolecular Hbond substituents is 2. The van der Waals surface area contributed by atoms with Gasteiger partial charge in [0.25, 0.3) is 0 Å². The molecule has 2 rings (SSSR count). The van der Waals surface area contributed by atoms with Crippen LogP contribution < -0.4 is 5.32 Å². The third-order valence-electron chi connectivity index (χ3n) is 3.11. The summed E-state index contributed by atoms with van der Waals surface area (Å²) < 4.78 is 0. The molecule has 0 bridgehead atoms. The smallest absolute Gasteiger partial charge is 0.120 e. The molecule has 19 heavy (non-hydrogen) atoms. The monoisotopic (exact) mass is 258 g/mol. The number of aromatic nitrogens is 1. The third-order valence-corrected chi connectivity index (χ3v) is 3.11. The predicted molar refractivity (Wildman–Crippen MR) is 74.0 cm³/mol. The van der Waals surface area contributed by atoms with E-state index in [-0.39, 0.29) is 23.6 Å². The van der Waals surface area contributed by atoms with Gasteiger partial charge in [0, 0.05) is 23.8 Å². The molecule has 1 aromatic carbocycles. The molecule has 3 N–H and O–H groups in total. The molecule has 0 fully saturated rings. The van der Waals surface area contributed by atoms with Crippen LogP contribution in [0.3, 0.4) is 0 Å². The highest BCUT2D eigenvalue weighted by molar-refractivity contribution is 5.40. The molecule has 0 spiro atoms. The van der Waals surface area contributed by atoms with Crippen LogP contribution in [-0.2, 0) is 0 Å². The number of phenols is 2. The Labute approximate surface area is 112 Å². The summed E-state index contributed by atoms with van der Waals surface area (Å²) >= 11 is 0. The highest BCUT2D eigenvalue weighted by atomic mass is 16.3. The average molecular weight is 258 g/mol. The maximum absolute atomic E-state index is 9.82. The minimum Gasteiger partial charge on any atom is -0.508 e. The first-order valence-corrected chi connectivity index (χ1v) is 6.27. The lowest BCUT2D eigenvalue weighted by molar-refractivity contribution is 0.427. The van der Waals surface area contributed by atoms with Gasteiger partial charge in [-0.1, -0.05) is 6.07 Å². The maximum atomic E-state index is 9.82. The molecular formula is C15H18N2O2. The van der Waals surface area contributed by atoms with E-state index in [2.05, 4.69) is 10.3 Å². The Morgan fingerprint density at radius 1 is 1.05 bits per heavy atom. The Hall–Kier alpha value is -2.07. The van der Waals surface area contributed by atoms with Crippen molar-refractivity contribution in [2.75, 3.05) is 0 Å². The predicted octanol–water partition coefficient (Wildman–Crippen LogP) is 2.90. The molecule has 1 heterocycles. The van der Waals surface area contributed by atoms with Crippen LogP contribution >= 0.6 is 0 Å². The number of hydrogen-bond acceptors (Lipinski definition) is 4. The number of rotatable bonds is 4. The minimum atomic E-state index is -0.0934. The molecule has 0 aliphatic rings. The molecule has 2 atom stereocenters. The Bertz CT molecular complexity index is 543. The van der Waals surface area contributed by atoms with E-state index in [9.17, 15) is 10.2 Å². The Kier molecular flexibility index (Phi) is 4.02. The van der Waals surface area contributed by atoms with Gasteiger partial charge < -0.3 is 15.5 Å². The van der Waals surface area contributed by atoms with Crippen LogP contribution in [0.5, 0.6) is 11.5 Å². The van der Waals surface area contributed by atoms with Gasteiger partial charge in [-0.15, -0.1) is 0 Å². The SMILES string of the molecule is CC(N[C@@H](C)c1ccccn1)c1cc(O)ccc1O. The van der Waals surface area contributed by atoms with E-state index in [1.165, 1.54) is 12.1 Å². The molecule has 0 aliphatic carbocycles. The van der Waals surface area contributed by atoms with E-state index in [0.29, 0.717) is 5.56 Å². The molecule has 0 saturated heterocycles. The fourth-order valence-corrected chi connectivity index (χ4v) is 2.07. The normalized spacial score (nSPS) is 14.0.